The van der Waals surface area contributed by atoms with Gasteiger partial charge in [-0.3, -0.25) is 0 Å². The minimum Gasteiger partial charge on any atom is -0.491 e. The average Bonchev–Trinajstić information content (AvgIpc) is 3.14. The molecule has 2 heterocycles. The highest BCUT2D eigenvalue weighted by Crippen LogP contribution is 2.28. The number of nitrogens with zero attached hydrogens (tertiary/aromatic N) is 4. The molecule has 1 aliphatic heterocycles. The Balaban J connectivity index is 1.48. The van der Waals surface area contributed by atoms with Crippen molar-refractivity contribution >= 4 is 5.82 Å². The molecule has 0 radical (unpaired) electrons. The minimum atomic E-state index is -0.539. The van der Waals surface area contributed by atoms with Gasteiger partial charge in [0.05, 0.1) is 0 Å². The summed E-state index contributed by atoms with van der Waals surface area (Å²) in [5.74, 6) is 1.78. The fourth-order valence-corrected chi connectivity index (χ4v) is 4.08. The first-order valence-electron chi connectivity index (χ1n) is 10.9. The molecule has 1 fully saturated rings. The van der Waals surface area contributed by atoms with Crippen LogP contribution in [0.1, 0.15) is 44.7 Å². The molecular formula is C24H36N4O2. The number of rotatable bonds is 8. The molecule has 6 heteroatoms. The number of aryl methyl sites for hydroxylation is 1. The summed E-state index contributed by atoms with van der Waals surface area (Å²) in [4.78, 5) is 4.51. The van der Waals surface area contributed by atoms with Crippen LogP contribution in [0.15, 0.2) is 36.5 Å². The maximum absolute atomic E-state index is 10.5. The lowest BCUT2D eigenvalue weighted by atomic mass is 9.86. The predicted molar refractivity (Wildman–Crippen MR) is 121 cm³/mol. The zero-order chi connectivity index (χ0) is 21.7. The van der Waals surface area contributed by atoms with Gasteiger partial charge in [0.1, 0.15) is 18.5 Å². The molecule has 1 saturated heterocycles. The number of aromatic nitrogens is 2. The Morgan fingerprint density at radius 1 is 1.30 bits per heavy atom. The molecule has 2 aromatic rings. The number of aliphatic hydroxyl groups excluding tert-OH is 1. The topological polar surface area (TPSA) is 61.7 Å². The molecule has 1 aliphatic rings. The molecule has 0 saturated carbocycles. The number of hydrogen-bond donors (Lipinski definition) is 1. The monoisotopic (exact) mass is 412 g/mol. The molecular weight excluding hydrogens is 376 g/mol. The van der Waals surface area contributed by atoms with Crippen LogP contribution >= 0.6 is 0 Å². The number of ether oxygens (including phenoxy) is 1. The van der Waals surface area contributed by atoms with Gasteiger partial charge < -0.3 is 19.6 Å². The number of aliphatic hydroxyl groups is 1. The summed E-state index contributed by atoms with van der Waals surface area (Å²) in [6, 6.07) is 10.6. The molecule has 30 heavy (non-hydrogen) atoms. The quantitative estimate of drug-likeness (QED) is 0.717. The summed E-state index contributed by atoms with van der Waals surface area (Å²) in [7, 11) is 2.06. The SMILES string of the molecule is Cc1cc(C(C)(C)C)ccc1OCC(O)CN(C)CC1CCCN1c1cccnn1. The van der Waals surface area contributed by atoms with Gasteiger partial charge in [0.25, 0.3) is 0 Å². The first kappa shape index (κ1) is 22.5. The Morgan fingerprint density at radius 3 is 2.77 bits per heavy atom. The number of hydrogen-bond acceptors (Lipinski definition) is 6. The third-order valence-corrected chi connectivity index (χ3v) is 5.75. The zero-order valence-corrected chi connectivity index (χ0v) is 19.0. The van der Waals surface area contributed by atoms with Crippen molar-refractivity contribution in [2.75, 3.05) is 38.2 Å². The van der Waals surface area contributed by atoms with E-state index >= 15 is 0 Å². The van der Waals surface area contributed by atoms with E-state index in [-0.39, 0.29) is 5.41 Å². The third-order valence-electron chi connectivity index (χ3n) is 5.75. The second-order valence-electron chi connectivity index (χ2n) is 9.49. The number of likely N-dealkylation sites (N-methyl/N-ethyl adjacent to an activating group) is 1. The van der Waals surface area contributed by atoms with Crippen molar-refractivity contribution in [2.24, 2.45) is 0 Å². The van der Waals surface area contributed by atoms with Crippen molar-refractivity contribution < 1.29 is 9.84 Å². The van der Waals surface area contributed by atoms with Gasteiger partial charge in [-0.25, -0.2) is 0 Å². The van der Waals surface area contributed by atoms with Crippen LogP contribution in [0.4, 0.5) is 5.82 Å². The molecule has 6 nitrogen and oxygen atoms in total. The van der Waals surface area contributed by atoms with E-state index in [1.807, 2.05) is 18.2 Å². The lowest BCUT2D eigenvalue weighted by molar-refractivity contribution is 0.0745. The molecule has 164 valence electrons. The molecule has 0 amide bonds. The standard InChI is InChI=1S/C24H36N4O2/c1-18-14-19(24(2,3)4)10-11-22(18)30-17-21(29)16-27(5)15-20-8-7-13-28(20)23-9-6-12-25-26-23/h6,9-12,14,20-21,29H,7-8,13,15-17H2,1-5H3. The maximum atomic E-state index is 10.5. The van der Waals surface area contributed by atoms with Crippen molar-refractivity contribution in [1.29, 1.82) is 0 Å². The van der Waals surface area contributed by atoms with Crippen molar-refractivity contribution in [1.82, 2.24) is 15.1 Å². The van der Waals surface area contributed by atoms with Crippen LogP contribution < -0.4 is 9.64 Å². The highest BCUT2D eigenvalue weighted by Gasteiger charge is 2.27. The van der Waals surface area contributed by atoms with Crippen LogP contribution in [0.5, 0.6) is 5.75 Å². The summed E-state index contributed by atoms with van der Waals surface area (Å²) < 4.78 is 5.92. The highest BCUT2D eigenvalue weighted by atomic mass is 16.5. The van der Waals surface area contributed by atoms with Gasteiger partial charge in [-0.05, 0) is 61.6 Å². The largest absolute Gasteiger partial charge is 0.491 e. The third kappa shape index (κ3) is 5.92. The molecule has 1 N–H and O–H groups in total. The van der Waals surface area contributed by atoms with Crippen molar-refractivity contribution in [3.05, 3.63) is 47.7 Å². The minimum absolute atomic E-state index is 0.116. The first-order chi connectivity index (χ1) is 14.2. The molecule has 2 atom stereocenters. The second-order valence-corrected chi connectivity index (χ2v) is 9.49. The van der Waals surface area contributed by atoms with E-state index in [9.17, 15) is 5.11 Å². The molecule has 0 aliphatic carbocycles. The second kappa shape index (κ2) is 9.75. The summed E-state index contributed by atoms with van der Waals surface area (Å²) in [5.41, 5.74) is 2.51. The van der Waals surface area contributed by atoms with E-state index in [1.165, 1.54) is 5.56 Å². The maximum Gasteiger partial charge on any atom is 0.151 e. The van der Waals surface area contributed by atoms with Crippen LogP contribution in [-0.2, 0) is 5.41 Å². The van der Waals surface area contributed by atoms with Gasteiger partial charge in [-0.15, -0.1) is 5.10 Å². The van der Waals surface area contributed by atoms with E-state index in [0.717, 1.165) is 43.1 Å². The Morgan fingerprint density at radius 2 is 2.10 bits per heavy atom. The summed E-state index contributed by atoms with van der Waals surface area (Å²) in [6.45, 7) is 11.4. The van der Waals surface area contributed by atoms with Crippen LogP contribution in [0.25, 0.3) is 0 Å². The summed E-state index contributed by atoms with van der Waals surface area (Å²) in [6.07, 6.45) is 3.45. The van der Waals surface area contributed by atoms with Crippen molar-refractivity contribution in [3.63, 3.8) is 0 Å². The van der Waals surface area contributed by atoms with Crippen LogP contribution in [0.2, 0.25) is 0 Å². The molecule has 2 unspecified atom stereocenters. The Hall–Kier alpha value is -2.18. The van der Waals surface area contributed by atoms with E-state index in [1.54, 1.807) is 6.20 Å². The van der Waals surface area contributed by atoms with E-state index < -0.39 is 6.10 Å². The van der Waals surface area contributed by atoms with E-state index in [2.05, 4.69) is 66.9 Å². The zero-order valence-electron chi connectivity index (χ0n) is 19.0. The molecule has 0 spiro atoms. The molecule has 1 aromatic heterocycles. The number of anilines is 1. The van der Waals surface area contributed by atoms with E-state index in [4.69, 9.17) is 4.74 Å². The smallest absolute Gasteiger partial charge is 0.151 e. The fraction of sp³-hybridized carbons (Fsp3) is 0.583. The van der Waals surface area contributed by atoms with Crippen LogP contribution in [0, 0.1) is 6.92 Å². The van der Waals surface area contributed by atoms with Gasteiger partial charge >= 0.3 is 0 Å². The fourth-order valence-electron chi connectivity index (χ4n) is 4.08. The van der Waals surface area contributed by atoms with Crippen LogP contribution in [-0.4, -0.2) is 65.6 Å². The van der Waals surface area contributed by atoms with Gasteiger partial charge in [0.15, 0.2) is 5.82 Å². The Kier molecular flexibility index (Phi) is 7.32. The lowest BCUT2D eigenvalue weighted by Gasteiger charge is -2.30. The highest BCUT2D eigenvalue weighted by molar-refractivity contribution is 5.40. The van der Waals surface area contributed by atoms with E-state index in [0.29, 0.717) is 19.2 Å². The summed E-state index contributed by atoms with van der Waals surface area (Å²) in [5, 5.41) is 18.8. The van der Waals surface area contributed by atoms with Crippen LogP contribution in [0.3, 0.4) is 0 Å². The number of benzene rings is 1. The lowest BCUT2D eigenvalue weighted by Crippen LogP contribution is -2.42. The predicted octanol–water partition coefficient (Wildman–Crippen LogP) is 3.42. The Bertz CT molecular complexity index is 807. The first-order valence-corrected chi connectivity index (χ1v) is 10.9. The molecule has 0 bridgehead atoms. The molecule has 1 aromatic carbocycles. The normalized spacial score (nSPS) is 18.1. The molecule has 3 rings (SSSR count). The van der Waals surface area contributed by atoms with Crippen molar-refractivity contribution in [3.8, 4) is 5.75 Å². The van der Waals surface area contributed by atoms with Gasteiger partial charge in [-0.1, -0.05) is 32.9 Å². The van der Waals surface area contributed by atoms with Crippen molar-refractivity contribution in [2.45, 2.75) is 58.1 Å². The van der Waals surface area contributed by atoms with Gasteiger partial charge in [0, 0.05) is 31.9 Å². The van der Waals surface area contributed by atoms with Gasteiger partial charge in [-0.2, -0.15) is 5.10 Å². The summed E-state index contributed by atoms with van der Waals surface area (Å²) >= 11 is 0. The Labute approximate surface area is 180 Å². The average molecular weight is 413 g/mol. The van der Waals surface area contributed by atoms with Gasteiger partial charge in [0.2, 0.25) is 0 Å².